The molecule has 0 spiro atoms. The van der Waals surface area contributed by atoms with Crippen LogP contribution in [0.15, 0.2) is 11.9 Å². The highest BCUT2D eigenvalue weighted by molar-refractivity contribution is 4.96. The largest absolute Gasteiger partial charge is 0.401 e. The van der Waals surface area contributed by atoms with Gasteiger partial charge in [-0.2, -0.15) is 0 Å². The molecular weight excluding hydrogens is 378 g/mol. The standard InChI is InChI=1S/C14H28N4O.C4H8O.2C2H6.CH5N/c1-2-12(15)11-18(16)14-3-7-17(8-4-14)13-5-9-19-10-6-13;1-4-2-5-3-4;3*1-2/h11,13-14H,2-10,15-16H2,1H3;4H,2-3H2,1H3;2*1-2H3;2H2,1H3/b12-11-;;;;. The first-order chi connectivity index (χ1) is 14.6. The molecular formula is C23H53N5O2. The van der Waals surface area contributed by atoms with E-state index in [-0.39, 0.29) is 0 Å². The molecule has 0 atom stereocenters. The van der Waals surface area contributed by atoms with Gasteiger partial charge in [-0.25, -0.2) is 5.84 Å². The maximum absolute atomic E-state index is 6.09. The summed E-state index contributed by atoms with van der Waals surface area (Å²) in [5.41, 5.74) is 11.2. The van der Waals surface area contributed by atoms with Crippen LogP contribution < -0.4 is 17.3 Å². The van der Waals surface area contributed by atoms with Crippen LogP contribution in [0.1, 0.15) is 73.6 Å². The Morgan fingerprint density at radius 2 is 1.43 bits per heavy atom. The Bertz CT molecular complexity index is 378. The molecule has 7 heteroatoms. The van der Waals surface area contributed by atoms with Crippen molar-refractivity contribution in [2.24, 2.45) is 23.2 Å². The molecule has 3 aliphatic heterocycles. The van der Waals surface area contributed by atoms with Crippen LogP contribution in [0.5, 0.6) is 0 Å². The summed E-state index contributed by atoms with van der Waals surface area (Å²) in [6.45, 7) is 18.3. The third-order valence-corrected chi connectivity index (χ3v) is 5.16. The average Bonchev–Trinajstić information content (AvgIpc) is 2.82. The summed E-state index contributed by atoms with van der Waals surface area (Å²) in [5.74, 6) is 6.93. The second kappa shape index (κ2) is 21.4. The van der Waals surface area contributed by atoms with Gasteiger partial charge in [0.1, 0.15) is 0 Å². The molecule has 0 aliphatic carbocycles. The minimum Gasteiger partial charge on any atom is -0.401 e. The van der Waals surface area contributed by atoms with Crippen LogP contribution in [0, 0.1) is 5.92 Å². The predicted molar refractivity (Wildman–Crippen MR) is 130 cm³/mol. The van der Waals surface area contributed by atoms with Gasteiger partial charge in [0.2, 0.25) is 0 Å². The van der Waals surface area contributed by atoms with Crippen molar-refractivity contribution in [2.45, 2.75) is 85.7 Å². The Morgan fingerprint density at radius 3 is 1.80 bits per heavy atom. The summed E-state index contributed by atoms with van der Waals surface area (Å²) in [7, 11) is 1.50. The highest BCUT2D eigenvalue weighted by Gasteiger charge is 2.27. The highest BCUT2D eigenvalue weighted by Crippen LogP contribution is 2.21. The Balaban J connectivity index is 0. The number of likely N-dealkylation sites (tertiary alicyclic amines) is 1. The quantitative estimate of drug-likeness (QED) is 0.463. The zero-order valence-electron chi connectivity index (χ0n) is 21.0. The lowest BCUT2D eigenvalue weighted by atomic mass is 9.99. The molecule has 0 radical (unpaired) electrons. The molecule has 3 heterocycles. The number of rotatable bonds is 4. The molecule has 3 rings (SSSR count). The Labute approximate surface area is 187 Å². The van der Waals surface area contributed by atoms with E-state index in [9.17, 15) is 0 Å². The van der Waals surface area contributed by atoms with E-state index in [2.05, 4.69) is 17.6 Å². The second-order valence-corrected chi connectivity index (χ2v) is 7.26. The van der Waals surface area contributed by atoms with Crippen molar-refractivity contribution in [2.75, 3.05) is 46.6 Å². The van der Waals surface area contributed by atoms with E-state index in [4.69, 9.17) is 21.1 Å². The molecule has 3 aliphatic rings. The maximum Gasteiger partial charge on any atom is 0.0513 e. The molecule has 3 saturated heterocycles. The van der Waals surface area contributed by atoms with E-state index in [1.807, 2.05) is 45.8 Å². The first kappa shape index (κ1) is 31.3. The Morgan fingerprint density at radius 1 is 0.967 bits per heavy atom. The van der Waals surface area contributed by atoms with E-state index in [0.717, 1.165) is 76.4 Å². The zero-order valence-corrected chi connectivity index (χ0v) is 21.0. The molecule has 0 unspecified atom stereocenters. The summed E-state index contributed by atoms with van der Waals surface area (Å²) >= 11 is 0. The third-order valence-electron chi connectivity index (χ3n) is 5.16. The van der Waals surface area contributed by atoms with Gasteiger partial charge in [-0.05, 0) is 39.2 Å². The van der Waals surface area contributed by atoms with Gasteiger partial charge < -0.3 is 30.8 Å². The first-order valence-electron chi connectivity index (χ1n) is 12.1. The number of piperidine rings is 1. The molecule has 0 amide bonds. The fourth-order valence-corrected chi connectivity index (χ4v) is 3.34. The SMILES string of the molecule is CC.CC.CC/C(N)=C/N(N)C1CCN(C2CCOCC2)CC1.CC1COC1.CN. The van der Waals surface area contributed by atoms with E-state index in [1.165, 1.54) is 19.9 Å². The van der Waals surface area contributed by atoms with Crippen LogP contribution in [0.2, 0.25) is 0 Å². The first-order valence-corrected chi connectivity index (χ1v) is 12.1. The molecule has 3 fully saturated rings. The maximum atomic E-state index is 6.09. The van der Waals surface area contributed by atoms with Crippen LogP contribution in [0.3, 0.4) is 0 Å². The molecule has 0 saturated carbocycles. The number of hydrazine groups is 1. The van der Waals surface area contributed by atoms with E-state index >= 15 is 0 Å². The van der Waals surface area contributed by atoms with Crippen molar-refractivity contribution in [3.63, 3.8) is 0 Å². The van der Waals surface area contributed by atoms with Crippen molar-refractivity contribution in [3.8, 4) is 0 Å². The van der Waals surface area contributed by atoms with Crippen LogP contribution in [0.4, 0.5) is 0 Å². The predicted octanol–water partition coefficient (Wildman–Crippen LogP) is 3.30. The van der Waals surface area contributed by atoms with Gasteiger partial charge in [-0.3, -0.25) is 0 Å². The summed E-state index contributed by atoms with van der Waals surface area (Å²) in [5, 5.41) is 1.82. The second-order valence-electron chi connectivity index (χ2n) is 7.26. The number of nitrogens with zero attached hydrogens (tertiary/aromatic N) is 2. The van der Waals surface area contributed by atoms with Gasteiger partial charge in [0.25, 0.3) is 0 Å². The van der Waals surface area contributed by atoms with Crippen molar-refractivity contribution >= 4 is 0 Å². The molecule has 182 valence electrons. The molecule has 7 nitrogen and oxygen atoms in total. The number of ether oxygens (including phenoxy) is 2. The van der Waals surface area contributed by atoms with Gasteiger partial charge in [0.05, 0.1) is 13.2 Å². The monoisotopic (exact) mass is 431 g/mol. The fourth-order valence-electron chi connectivity index (χ4n) is 3.34. The summed E-state index contributed by atoms with van der Waals surface area (Å²) < 4.78 is 10.3. The zero-order chi connectivity index (χ0) is 23.4. The van der Waals surface area contributed by atoms with Gasteiger partial charge in [-0.1, -0.05) is 41.5 Å². The lowest BCUT2D eigenvalue weighted by Crippen LogP contribution is -2.50. The van der Waals surface area contributed by atoms with Gasteiger partial charge in [0, 0.05) is 56.2 Å². The van der Waals surface area contributed by atoms with E-state index in [1.54, 1.807) is 0 Å². The summed E-state index contributed by atoms with van der Waals surface area (Å²) in [6.07, 6.45) is 7.37. The molecule has 6 N–H and O–H groups in total. The molecule has 0 aromatic heterocycles. The molecule has 0 aromatic carbocycles. The number of hydrogen-bond donors (Lipinski definition) is 3. The lowest BCUT2D eigenvalue weighted by Gasteiger charge is -2.41. The summed E-state index contributed by atoms with van der Waals surface area (Å²) in [6, 6.07) is 1.15. The minimum absolute atomic E-state index is 0.432. The lowest BCUT2D eigenvalue weighted by molar-refractivity contribution is -0.0221. The molecule has 0 aromatic rings. The minimum atomic E-state index is 0.432. The van der Waals surface area contributed by atoms with Crippen LogP contribution in [-0.2, 0) is 9.47 Å². The summed E-state index contributed by atoms with van der Waals surface area (Å²) in [4.78, 5) is 2.61. The topological polar surface area (TPSA) is 103 Å². The van der Waals surface area contributed by atoms with Crippen molar-refractivity contribution in [3.05, 3.63) is 11.9 Å². The van der Waals surface area contributed by atoms with E-state index < -0.39 is 0 Å². The molecule has 0 bridgehead atoms. The Kier molecular flexibility index (Phi) is 22.3. The third kappa shape index (κ3) is 13.4. The normalized spacial score (nSPS) is 20.5. The highest BCUT2D eigenvalue weighted by atomic mass is 16.5. The smallest absolute Gasteiger partial charge is 0.0513 e. The van der Waals surface area contributed by atoms with Crippen LogP contribution in [0.25, 0.3) is 0 Å². The fraction of sp³-hybridized carbons (Fsp3) is 0.913. The van der Waals surface area contributed by atoms with E-state index in [0.29, 0.717) is 6.04 Å². The van der Waals surface area contributed by atoms with Gasteiger partial charge in [-0.15, -0.1) is 0 Å². The molecule has 30 heavy (non-hydrogen) atoms. The van der Waals surface area contributed by atoms with Crippen LogP contribution >= 0.6 is 0 Å². The average molecular weight is 432 g/mol. The van der Waals surface area contributed by atoms with Crippen molar-refractivity contribution < 1.29 is 9.47 Å². The van der Waals surface area contributed by atoms with Crippen molar-refractivity contribution in [1.29, 1.82) is 0 Å². The Hall–Kier alpha value is -0.860. The van der Waals surface area contributed by atoms with Crippen LogP contribution in [-0.4, -0.2) is 68.6 Å². The number of allylic oxidation sites excluding steroid dienone is 1. The number of hydrogen-bond acceptors (Lipinski definition) is 7. The number of nitrogens with two attached hydrogens (primary N) is 3. The van der Waals surface area contributed by atoms with Gasteiger partial charge >= 0.3 is 0 Å². The van der Waals surface area contributed by atoms with Crippen molar-refractivity contribution in [1.82, 2.24) is 9.91 Å². The van der Waals surface area contributed by atoms with Gasteiger partial charge in [0.15, 0.2) is 0 Å².